The monoisotopic (exact) mass is 334 g/mol. The molecule has 0 bridgehead atoms. The van der Waals surface area contributed by atoms with Crippen LogP contribution in [-0.4, -0.2) is 38.8 Å². The predicted octanol–water partition coefficient (Wildman–Crippen LogP) is 1.09. The van der Waals surface area contributed by atoms with Crippen molar-refractivity contribution in [2.75, 3.05) is 13.1 Å². The van der Waals surface area contributed by atoms with Crippen LogP contribution in [0.4, 0.5) is 0 Å². The second-order valence-electron chi connectivity index (χ2n) is 5.34. The van der Waals surface area contributed by atoms with Gasteiger partial charge in [-0.3, -0.25) is 0 Å². The molecule has 1 fully saturated rings. The molecule has 1 aliphatic rings. The van der Waals surface area contributed by atoms with Gasteiger partial charge in [0.25, 0.3) is 0 Å². The van der Waals surface area contributed by atoms with Gasteiger partial charge in [0.15, 0.2) is 0 Å². The Morgan fingerprint density at radius 2 is 1.65 bits per heavy atom. The van der Waals surface area contributed by atoms with Crippen LogP contribution in [-0.2, 0) is 10.0 Å². The molecule has 1 heterocycles. The summed E-state index contributed by atoms with van der Waals surface area (Å²) in [7, 11) is -3.67. The van der Waals surface area contributed by atoms with Crippen molar-refractivity contribution in [3.8, 4) is 11.5 Å². The van der Waals surface area contributed by atoms with E-state index < -0.39 is 22.2 Å². The Morgan fingerprint density at radius 3 is 2.26 bits per heavy atom. The topological polar surface area (TPSA) is 87.7 Å². The van der Waals surface area contributed by atoms with E-state index in [0.717, 1.165) is 0 Å². The zero-order chi connectivity index (χ0) is 16.3. The fraction of sp³-hybridized carbons (Fsp3) is 0.250. The minimum absolute atomic E-state index is 0.136. The van der Waals surface area contributed by atoms with Gasteiger partial charge in [0.1, 0.15) is 11.5 Å². The second-order valence-corrected chi connectivity index (χ2v) is 7.05. The Kier molecular flexibility index (Phi) is 4.63. The van der Waals surface area contributed by atoms with Crippen LogP contribution in [0.2, 0.25) is 0 Å². The van der Waals surface area contributed by atoms with Crippen molar-refractivity contribution in [1.82, 2.24) is 10.0 Å². The maximum Gasteiger partial charge on any atom is 0.240 e. The molecule has 6 nitrogen and oxygen atoms in total. The third-order valence-electron chi connectivity index (χ3n) is 3.60. The number of aliphatic hydroxyl groups is 1. The summed E-state index contributed by atoms with van der Waals surface area (Å²) in [6, 6.07) is 14.9. The van der Waals surface area contributed by atoms with E-state index in [4.69, 9.17) is 4.74 Å². The number of ether oxygens (including phenoxy) is 1. The number of hydrogen-bond acceptors (Lipinski definition) is 5. The summed E-state index contributed by atoms with van der Waals surface area (Å²) in [6.45, 7) is 0.798. The molecule has 0 aliphatic carbocycles. The standard InChI is InChI=1S/C16H18N2O4S/c19-16-11-17-10-15(16)18-23(20,21)14-8-6-13(7-9-14)22-12-4-2-1-3-5-12/h1-9,15-19H,10-11H2/t15-,16-/m0/s1. The van der Waals surface area contributed by atoms with Crippen molar-refractivity contribution in [3.05, 3.63) is 54.6 Å². The first-order valence-corrected chi connectivity index (χ1v) is 8.77. The minimum Gasteiger partial charge on any atom is -0.457 e. The quantitative estimate of drug-likeness (QED) is 0.762. The van der Waals surface area contributed by atoms with Crippen LogP contribution >= 0.6 is 0 Å². The van der Waals surface area contributed by atoms with Crippen LogP contribution in [0.15, 0.2) is 59.5 Å². The van der Waals surface area contributed by atoms with Gasteiger partial charge in [0.05, 0.1) is 17.0 Å². The van der Waals surface area contributed by atoms with Gasteiger partial charge in [0, 0.05) is 13.1 Å². The van der Waals surface area contributed by atoms with Crippen molar-refractivity contribution >= 4 is 10.0 Å². The normalized spacial score (nSPS) is 21.3. The van der Waals surface area contributed by atoms with Crippen molar-refractivity contribution in [2.24, 2.45) is 0 Å². The van der Waals surface area contributed by atoms with E-state index >= 15 is 0 Å². The number of rotatable bonds is 5. The van der Waals surface area contributed by atoms with Crippen molar-refractivity contribution < 1.29 is 18.3 Å². The Balaban J connectivity index is 1.71. The molecule has 1 saturated heterocycles. The van der Waals surface area contributed by atoms with Gasteiger partial charge in [-0.15, -0.1) is 0 Å². The summed E-state index contributed by atoms with van der Waals surface area (Å²) in [4.78, 5) is 0.136. The Morgan fingerprint density at radius 1 is 1.00 bits per heavy atom. The number of nitrogens with one attached hydrogen (secondary N) is 2. The highest BCUT2D eigenvalue weighted by atomic mass is 32.2. The molecule has 7 heteroatoms. The van der Waals surface area contributed by atoms with Crippen molar-refractivity contribution in [1.29, 1.82) is 0 Å². The van der Waals surface area contributed by atoms with Crippen LogP contribution in [0, 0.1) is 0 Å². The molecule has 0 saturated carbocycles. The lowest BCUT2D eigenvalue weighted by Gasteiger charge is -2.15. The van der Waals surface area contributed by atoms with Crippen LogP contribution in [0.25, 0.3) is 0 Å². The highest BCUT2D eigenvalue weighted by molar-refractivity contribution is 7.89. The molecule has 0 radical (unpaired) electrons. The molecule has 1 aliphatic heterocycles. The molecule has 2 aromatic rings. The highest BCUT2D eigenvalue weighted by Crippen LogP contribution is 2.22. The van der Waals surface area contributed by atoms with E-state index in [-0.39, 0.29) is 4.90 Å². The fourth-order valence-electron chi connectivity index (χ4n) is 2.36. The largest absolute Gasteiger partial charge is 0.457 e. The number of para-hydroxylation sites is 1. The second kappa shape index (κ2) is 6.67. The lowest BCUT2D eigenvalue weighted by Crippen LogP contribution is -2.42. The molecule has 0 spiro atoms. The Labute approximate surface area is 135 Å². The summed E-state index contributed by atoms with van der Waals surface area (Å²) in [6.07, 6.45) is -0.717. The van der Waals surface area contributed by atoms with Crippen LogP contribution in [0.3, 0.4) is 0 Å². The van der Waals surface area contributed by atoms with E-state index in [9.17, 15) is 13.5 Å². The average molecular weight is 334 g/mol. The number of sulfonamides is 1. The third-order valence-corrected chi connectivity index (χ3v) is 5.11. The molecular weight excluding hydrogens is 316 g/mol. The highest BCUT2D eigenvalue weighted by Gasteiger charge is 2.29. The molecule has 2 aromatic carbocycles. The average Bonchev–Trinajstić information content (AvgIpc) is 2.93. The van der Waals surface area contributed by atoms with Crippen LogP contribution < -0.4 is 14.8 Å². The van der Waals surface area contributed by atoms with E-state index in [0.29, 0.717) is 24.6 Å². The first kappa shape index (κ1) is 15.9. The smallest absolute Gasteiger partial charge is 0.240 e. The number of hydrogen-bond donors (Lipinski definition) is 3. The third kappa shape index (κ3) is 3.89. The summed E-state index contributed by atoms with van der Waals surface area (Å²) < 4.78 is 32.8. The van der Waals surface area contributed by atoms with Gasteiger partial charge in [0.2, 0.25) is 10.0 Å². The van der Waals surface area contributed by atoms with E-state index in [1.54, 1.807) is 12.1 Å². The first-order valence-electron chi connectivity index (χ1n) is 7.29. The summed E-state index contributed by atoms with van der Waals surface area (Å²) in [5, 5.41) is 12.6. The van der Waals surface area contributed by atoms with Gasteiger partial charge < -0.3 is 15.2 Å². The summed E-state index contributed by atoms with van der Waals surface area (Å²) in [5.74, 6) is 1.24. The van der Waals surface area contributed by atoms with Crippen molar-refractivity contribution in [2.45, 2.75) is 17.0 Å². The van der Waals surface area contributed by atoms with Crippen LogP contribution in [0.5, 0.6) is 11.5 Å². The van der Waals surface area contributed by atoms with Gasteiger partial charge >= 0.3 is 0 Å². The van der Waals surface area contributed by atoms with Gasteiger partial charge in [-0.2, -0.15) is 0 Å². The maximum atomic E-state index is 12.3. The van der Waals surface area contributed by atoms with E-state index in [1.165, 1.54) is 12.1 Å². The van der Waals surface area contributed by atoms with Gasteiger partial charge in [-0.1, -0.05) is 18.2 Å². The molecule has 0 unspecified atom stereocenters. The molecular formula is C16H18N2O4S. The zero-order valence-electron chi connectivity index (χ0n) is 12.3. The molecule has 3 N–H and O–H groups in total. The minimum atomic E-state index is -3.67. The molecule has 3 rings (SSSR count). The number of aliphatic hydroxyl groups excluding tert-OH is 1. The molecule has 0 aromatic heterocycles. The van der Waals surface area contributed by atoms with Gasteiger partial charge in [-0.25, -0.2) is 13.1 Å². The SMILES string of the molecule is O=S(=O)(N[C@H]1CNC[C@@H]1O)c1ccc(Oc2ccccc2)cc1. The fourth-order valence-corrected chi connectivity index (χ4v) is 3.63. The lowest BCUT2D eigenvalue weighted by molar-refractivity contribution is 0.173. The first-order chi connectivity index (χ1) is 11.0. The Hall–Kier alpha value is -1.93. The molecule has 0 amide bonds. The van der Waals surface area contributed by atoms with Crippen LogP contribution in [0.1, 0.15) is 0 Å². The van der Waals surface area contributed by atoms with Crippen molar-refractivity contribution in [3.63, 3.8) is 0 Å². The number of β-amino-alcohol motifs (C(OH)–C–C–N with tert-alkyl or cyclic N) is 1. The Bertz CT molecular complexity index is 747. The predicted molar refractivity (Wildman–Crippen MR) is 85.9 cm³/mol. The maximum absolute atomic E-state index is 12.3. The molecule has 23 heavy (non-hydrogen) atoms. The van der Waals surface area contributed by atoms with Gasteiger partial charge in [-0.05, 0) is 36.4 Å². The summed E-state index contributed by atoms with van der Waals surface area (Å²) in [5.41, 5.74) is 0. The van der Waals surface area contributed by atoms with E-state index in [1.807, 2.05) is 30.3 Å². The number of benzene rings is 2. The van der Waals surface area contributed by atoms with E-state index in [2.05, 4.69) is 10.0 Å². The lowest BCUT2D eigenvalue weighted by atomic mass is 10.2. The summed E-state index contributed by atoms with van der Waals surface area (Å²) >= 11 is 0. The molecule has 122 valence electrons. The molecule has 2 atom stereocenters. The zero-order valence-corrected chi connectivity index (χ0v) is 13.2.